The zero-order chi connectivity index (χ0) is 15.2. The van der Waals surface area contributed by atoms with Crippen LogP contribution in [0.15, 0.2) is 42.5 Å². The van der Waals surface area contributed by atoms with Gasteiger partial charge in [0.05, 0.1) is 0 Å². The van der Waals surface area contributed by atoms with Gasteiger partial charge in [-0.2, -0.15) is 0 Å². The van der Waals surface area contributed by atoms with Crippen LogP contribution in [0, 0.1) is 5.82 Å². The number of phenols is 1. The standard InChI is InChI=1S/C16H11F3OS/c1-16(18,19)13-7-10(17)3-5-12(13)15-6-9-2-4-11(20)8-14(9)21-15/h2-8,20H,1H3. The fourth-order valence-electron chi connectivity index (χ4n) is 2.25. The molecule has 21 heavy (non-hydrogen) atoms. The highest BCUT2D eigenvalue weighted by Crippen LogP contribution is 2.41. The first-order valence-electron chi connectivity index (χ1n) is 6.25. The third-order valence-electron chi connectivity index (χ3n) is 3.22. The summed E-state index contributed by atoms with van der Waals surface area (Å²) < 4.78 is 41.5. The number of hydrogen-bond donors (Lipinski definition) is 1. The first-order chi connectivity index (χ1) is 9.84. The summed E-state index contributed by atoms with van der Waals surface area (Å²) in [7, 11) is 0. The van der Waals surface area contributed by atoms with Crippen molar-refractivity contribution in [2.75, 3.05) is 0 Å². The second kappa shape index (κ2) is 4.77. The van der Waals surface area contributed by atoms with E-state index < -0.39 is 11.7 Å². The summed E-state index contributed by atoms with van der Waals surface area (Å²) in [5.74, 6) is -3.69. The third-order valence-corrected chi connectivity index (χ3v) is 4.35. The van der Waals surface area contributed by atoms with Gasteiger partial charge < -0.3 is 5.11 Å². The summed E-state index contributed by atoms with van der Waals surface area (Å²) >= 11 is 1.28. The molecule has 1 heterocycles. The molecule has 0 radical (unpaired) electrons. The molecule has 0 aliphatic carbocycles. The molecule has 1 nitrogen and oxygen atoms in total. The van der Waals surface area contributed by atoms with Gasteiger partial charge in [-0.15, -0.1) is 11.3 Å². The molecule has 1 aromatic heterocycles. The molecule has 0 spiro atoms. The second-order valence-corrected chi connectivity index (χ2v) is 5.99. The van der Waals surface area contributed by atoms with E-state index in [1.54, 1.807) is 24.3 Å². The number of phenolic OH excluding ortho intramolecular Hbond substituents is 1. The monoisotopic (exact) mass is 308 g/mol. The summed E-state index contributed by atoms with van der Waals surface area (Å²) in [4.78, 5) is 0.618. The van der Waals surface area contributed by atoms with Crippen LogP contribution in [-0.4, -0.2) is 5.11 Å². The van der Waals surface area contributed by atoms with E-state index in [4.69, 9.17) is 0 Å². The molecule has 3 aromatic rings. The summed E-state index contributed by atoms with van der Waals surface area (Å²) in [6, 6.07) is 10.0. The first-order valence-corrected chi connectivity index (χ1v) is 7.07. The maximum Gasteiger partial charge on any atom is 0.271 e. The fourth-order valence-corrected chi connectivity index (χ4v) is 3.38. The summed E-state index contributed by atoms with van der Waals surface area (Å²) in [6.07, 6.45) is 0. The lowest BCUT2D eigenvalue weighted by Crippen LogP contribution is -2.09. The predicted octanol–water partition coefficient (Wildman–Crippen LogP) is 5.52. The minimum Gasteiger partial charge on any atom is -0.508 e. The van der Waals surface area contributed by atoms with E-state index >= 15 is 0 Å². The van der Waals surface area contributed by atoms with Gasteiger partial charge in [-0.3, -0.25) is 0 Å². The number of rotatable bonds is 2. The SMILES string of the molecule is CC(F)(F)c1cc(F)ccc1-c1cc2ccc(O)cc2s1. The lowest BCUT2D eigenvalue weighted by molar-refractivity contribution is 0.0178. The molecule has 2 aromatic carbocycles. The van der Waals surface area contributed by atoms with E-state index in [1.165, 1.54) is 23.5 Å². The molecule has 0 aliphatic heterocycles. The van der Waals surface area contributed by atoms with E-state index in [0.717, 1.165) is 23.1 Å². The van der Waals surface area contributed by atoms with Crippen molar-refractivity contribution < 1.29 is 18.3 Å². The van der Waals surface area contributed by atoms with Crippen molar-refractivity contribution in [3.63, 3.8) is 0 Å². The van der Waals surface area contributed by atoms with Gasteiger partial charge in [0.2, 0.25) is 0 Å². The van der Waals surface area contributed by atoms with Gasteiger partial charge in [0.25, 0.3) is 5.92 Å². The Hall–Kier alpha value is -2.01. The van der Waals surface area contributed by atoms with Gasteiger partial charge in [0.1, 0.15) is 11.6 Å². The maximum atomic E-state index is 13.7. The zero-order valence-corrected chi connectivity index (χ0v) is 11.8. The van der Waals surface area contributed by atoms with Crippen molar-refractivity contribution >= 4 is 21.4 Å². The van der Waals surface area contributed by atoms with Gasteiger partial charge in [-0.1, -0.05) is 6.07 Å². The van der Waals surface area contributed by atoms with Gasteiger partial charge in [0, 0.05) is 27.6 Å². The van der Waals surface area contributed by atoms with E-state index in [0.29, 0.717) is 10.4 Å². The molecule has 0 amide bonds. The highest BCUT2D eigenvalue weighted by atomic mass is 32.1. The Kier molecular flexibility index (Phi) is 3.17. The van der Waals surface area contributed by atoms with Crippen molar-refractivity contribution in [1.82, 2.24) is 0 Å². The van der Waals surface area contributed by atoms with Gasteiger partial charge in [-0.25, -0.2) is 13.2 Å². The first kappa shape index (κ1) is 13.9. The Morgan fingerprint density at radius 2 is 1.81 bits per heavy atom. The molecule has 0 bridgehead atoms. The van der Waals surface area contributed by atoms with Crippen LogP contribution in [0.1, 0.15) is 12.5 Å². The van der Waals surface area contributed by atoms with Crippen LogP contribution >= 0.6 is 11.3 Å². The lowest BCUT2D eigenvalue weighted by atomic mass is 10.0. The molecular weight excluding hydrogens is 297 g/mol. The number of alkyl halides is 2. The van der Waals surface area contributed by atoms with Gasteiger partial charge >= 0.3 is 0 Å². The lowest BCUT2D eigenvalue weighted by Gasteiger charge is -2.15. The Balaban J connectivity index is 2.22. The van der Waals surface area contributed by atoms with Gasteiger partial charge in [0.15, 0.2) is 0 Å². The number of thiophene rings is 1. The largest absolute Gasteiger partial charge is 0.508 e. The van der Waals surface area contributed by atoms with Crippen LogP contribution in [0.2, 0.25) is 0 Å². The number of hydrogen-bond acceptors (Lipinski definition) is 2. The normalized spacial score (nSPS) is 12.0. The van der Waals surface area contributed by atoms with Crippen molar-refractivity contribution in [2.45, 2.75) is 12.8 Å². The Morgan fingerprint density at radius 1 is 1.05 bits per heavy atom. The second-order valence-electron chi connectivity index (χ2n) is 4.91. The summed E-state index contributed by atoms with van der Waals surface area (Å²) in [6.45, 7) is 0.754. The van der Waals surface area contributed by atoms with Crippen molar-refractivity contribution in [1.29, 1.82) is 0 Å². The highest BCUT2D eigenvalue weighted by molar-refractivity contribution is 7.22. The average Bonchev–Trinajstić information content (AvgIpc) is 2.80. The highest BCUT2D eigenvalue weighted by Gasteiger charge is 2.29. The molecular formula is C16H11F3OS. The fraction of sp³-hybridized carbons (Fsp3) is 0.125. The molecule has 0 fully saturated rings. The number of aromatic hydroxyl groups is 1. The number of benzene rings is 2. The summed E-state index contributed by atoms with van der Waals surface area (Å²) in [5, 5.41) is 10.3. The molecule has 0 aliphatic rings. The van der Waals surface area contributed by atoms with Crippen molar-refractivity contribution in [2.24, 2.45) is 0 Å². The number of halogens is 3. The van der Waals surface area contributed by atoms with Crippen LogP contribution in [-0.2, 0) is 5.92 Å². The Labute approximate surface area is 123 Å². The topological polar surface area (TPSA) is 20.2 Å². The zero-order valence-electron chi connectivity index (χ0n) is 11.0. The van der Waals surface area contributed by atoms with E-state index in [1.807, 2.05) is 0 Å². The van der Waals surface area contributed by atoms with E-state index in [9.17, 15) is 18.3 Å². The summed E-state index contributed by atoms with van der Waals surface area (Å²) in [5.41, 5.74) is -0.0251. The quantitative estimate of drug-likeness (QED) is 0.660. The maximum absolute atomic E-state index is 13.7. The van der Waals surface area contributed by atoms with Crippen molar-refractivity contribution in [3.8, 4) is 16.2 Å². The smallest absolute Gasteiger partial charge is 0.271 e. The van der Waals surface area contributed by atoms with Crippen LogP contribution < -0.4 is 0 Å². The van der Waals surface area contributed by atoms with E-state index in [2.05, 4.69) is 0 Å². The Morgan fingerprint density at radius 3 is 2.52 bits per heavy atom. The average molecular weight is 308 g/mol. The third kappa shape index (κ3) is 2.61. The molecule has 5 heteroatoms. The van der Waals surface area contributed by atoms with Crippen molar-refractivity contribution in [3.05, 3.63) is 53.8 Å². The predicted molar refractivity (Wildman–Crippen MR) is 78.5 cm³/mol. The van der Waals surface area contributed by atoms with E-state index in [-0.39, 0.29) is 11.3 Å². The molecule has 0 atom stereocenters. The van der Waals surface area contributed by atoms with Gasteiger partial charge in [-0.05, 0) is 41.8 Å². The van der Waals surface area contributed by atoms with Crippen LogP contribution in [0.3, 0.4) is 0 Å². The number of fused-ring (bicyclic) bond motifs is 1. The molecule has 0 saturated carbocycles. The van der Waals surface area contributed by atoms with Crippen LogP contribution in [0.5, 0.6) is 5.75 Å². The van der Waals surface area contributed by atoms with Crippen LogP contribution in [0.4, 0.5) is 13.2 Å². The molecule has 108 valence electrons. The molecule has 0 unspecified atom stereocenters. The minimum absolute atomic E-state index is 0.121. The Bertz CT molecular complexity index is 818. The molecule has 1 N–H and O–H groups in total. The molecule has 3 rings (SSSR count). The minimum atomic E-state index is -3.13. The van der Waals surface area contributed by atoms with Crippen LogP contribution in [0.25, 0.3) is 20.5 Å². The molecule has 0 saturated heterocycles.